The highest BCUT2D eigenvalue weighted by molar-refractivity contribution is 5.75. The number of ether oxygens (including phenoxy) is 1. The van der Waals surface area contributed by atoms with Crippen LogP contribution in [0.4, 0.5) is 9.18 Å². The molecule has 0 aliphatic carbocycles. The highest BCUT2D eigenvalue weighted by Gasteiger charge is 2.48. The van der Waals surface area contributed by atoms with Crippen molar-refractivity contribution >= 4 is 6.03 Å². The number of likely N-dealkylation sites (tertiary alicyclic amines) is 1. The van der Waals surface area contributed by atoms with Gasteiger partial charge in [0, 0.05) is 36.6 Å². The fraction of sp³-hybridized carbons (Fsp3) is 0.696. The first-order chi connectivity index (χ1) is 13.9. The topological polar surface area (TPSA) is 44.8 Å². The number of nitrogens with zero attached hydrogens (tertiary/aromatic N) is 2. The molecular formula is C23H34FN3O2. The van der Waals surface area contributed by atoms with Crippen molar-refractivity contribution in [2.75, 3.05) is 19.7 Å². The van der Waals surface area contributed by atoms with E-state index in [0.29, 0.717) is 24.7 Å². The van der Waals surface area contributed by atoms with E-state index in [9.17, 15) is 9.18 Å². The van der Waals surface area contributed by atoms with Gasteiger partial charge in [-0.15, -0.1) is 0 Å². The molecular weight excluding hydrogens is 369 g/mol. The summed E-state index contributed by atoms with van der Waals surface area (Å²) < 4.78 is 19.7. The number of hydrogen-bond donors (Lipinski definition) is 1. The Morgan fingerprint density at radius 2 is 1.90 bits per heavy atom. The quantitative estimate of drug-likeness (QED) is 0.814. The van der Waals surface area contributed by atoms with Crippen LogP contribution in [-0.4, -0.2) is 59.7 Å². The SMILES string of the molecule is CC(C)NC(=O)N1C2CCC1CC(N1CCC3(CC1)COc1ccc(F)cc13)C2.[HH]. The van der Waals surface area contributed by atoms with Gasteiger partial charge in [-0.3, -0.25) is 0 Å². The van der Waals surface area contributed by atoms with Crippen molar-refractivity contribution < 1.29 is 15.3 Å². The van der Waals surface area contributed by atoms with E-state index in [2.05, 4.69) is 15.1 Å². The lowest BCUT2D eigenvalue weighted by molar-refractivity contribution is 0.0447. The Kier molecular flexibility index (Phi) is 4.72. The summed E-state index contributed by atoms with van der Waals surface area (Å²) in [6.45, 7) is 6.78. The summed E-state index contributed by atoms with van der Waals surface area (Å²) in [6, 6.07) is 6.56. The molecule has 3 saturated heterocycles. The molecule has 2 unspecified atom stereocenters. The van der Waals surface area contributed by atoms with Crippen molar-refractivity contribution in [1.29, 1.82) is 0 Å². The second-order valence-electron chi connectivity index (χ2n) is 9.77. The van der Waals surface area contributed by atoms with Crippen LogP contribution in [0.25, 0.3) is 0 Å². The van der Waals surface area contributed by atoms with Gasteiger partial charge in [-0.1, -0.05) is 0 Å². The zero-order valence-electron chi connectivity index (χ0n) is 17.5. The van der Waals surface area contributed by atoms with Gasteiger partial charge in [-0.05, 0) is 83.7 Å². The van der Waals surface area contributed by atoms with Gasteiger partial charge in [0.2, 0.25) is 0 Å². The van der Waals surface area contributed by atoms with Crippen molar-refractivity contribution in [1.82, 2.24) is 15.1 Å². The van der Waals surface area contributed by atoms with E-state index in [4.69, 9.17) is 4.74 Å². The second kappa shape index (κ2) is 7.15. The molecule has 2 atom stereocenters. The lowest BCUT2D eigenvalue weighted by Crippen LogP contribution is -2.57. The molecule has 1 aromatic rings. The van der Waals surface area contributed by atoms with Crippen LogP contribution < -0.4 is 10.1 Å². The molecule has 160 valence electrons. The van der Waals surface area contributed by atoms with Crippen molar-refractivity contribution in [3.05, 3.63) is 29.6 Å². The molecule has 6 heteroatoms. The van der Waals surface area contributed by atoms with Gasteiger partial charge in [0.25, 0.3) is 0 Å². The van der Waals surface area contributed by atoms with Crippen LogP contribution in [0.5, 0.6) is 5.75 Å². The Bertz CT molecular complexity index is 783. The van der Waals surface area contributed by atoms with Gasteiger partial charge in [-0.2, -0.15) is 0 Å². The minimum Gasteiger partial charge on any atom is -0.492 e. The number of rotatable bonds is 2. The van der Waals surface area contributed by atoms with Gasteiger partial charge < -0.3 is 19.9 Å². The van der Waals surface area contributed by atoms with Gasteiger partial charge >= 0.3 is 6.03 Å². The summed E-state index contributed by atoms with van der Waals surface area (Å²) in [4.78, 5) is 17.4. The van der Waals surface area contributed by atoms with E-state index in [0.717, 1.165) is 62.9 Å². The highest BCUT2D eigenvalue weighted by Crippen LogP contribution is 2.47. The predicted molar refractivity (Wildman–Crippen MR) is 112 cm³/mol. The van der Waals surface area contributed by atoms with E-state index in [1.54, 1.807) is 12.1 Å². The predicted octanol–water partition coefficient (Wildman–Crippen LogP) is 3.91. The Hall–Kier alpha value is -1.82. The molecule has 0 aromatic heterocycles. The summed E-state index contributed by atoms with van der Waals surface area (Å²) in [6.07, 6.45) is 6.46. The number of carbonyl (C=O) groups excluding carboxylic acids is 1. The normalized spacial score (nSPS) is 30.5. The van der Waals surface area contributed by atoms with Gasteiger partial charge in [0.05, 0.1) is 6.61 Å². The van der Waals surface area contributed by atoms with Crippen molar-refractivity contribution in [3.8, 4) is 5.75 Å². The smallest absolute Gasteiger partial charge is 0.318 e. The zero-order chi connectivity index (χ0) is 20.2. The fourth-order valence-corrected chi connectivity index (χ4v) is 6.17. The van der Waals surface area contributed by atoms with Gasteiger partial charge in [0.15, 0.2) is 0 Å². The number of halogens is 1. The second-order valence-corrected chi connectivity index (χ2v) is 9.77. The molecule has 1 N–H and O–H groups in total. The number of fused-ring (bicyclic) bond motifs is 4. The van der Waals surface area contributed by atoms with Crippen LogP contribution in [0.15, 0.2) is 18.2 Å². The summed E-state index contributed by atoms with van der Waals surface area (Å²) in [7, 11) is 0. The lowest BCUT2D eigenvalue weighted by Gasteiger charge is -2.47. The maximum Gasteiger partial charge on any atom is 0.318 e. The van der Waals surface area contributed by atoms with Gasteiger partial charge in [0.1, 0.15) is 11.6 Å². The molecule has 0 radical (unpaired) electrons. The van der Waals surface area contributed by atoms with Crippen molar-refractivity contribution in [3.63, 3.8) is 0 Å². The van der Waals surface area contributed by atoms with E-state index >= 15 is 0 Å². The lowest BCUT2D eigenvalue weighted by atomic mass is 9.74. The number of piperidine rings is 2. The maximum atomic E-state index is 13.8. The van der Waals surface area contributed by atoms with Crippen LogP contribution >= 0.6 is 0 Å². The van der Waals surface area contributed by atoms with Crippen LogP contribution in [-0.2, 0) is 5.41 Å². The molecule has 1 aromatic carbocycles. The summed E-state index contributed by atoms with van der Waals surface area (Å²) >= 11 is 0. The first-order valence-electron chi connectivity index (χ1n) is 11.2. The molecule has 4 aliphatic rings. The number of nitrogens with one attached hydrogen (secondary N) is 1. The summed E-state index contributed by atoms with van der Waals surface area (Å²) in [5.74, 6) is 0.696. The summed E-state index contributed by atoms with van der Waals surface area (Å²) in [5, 5.41) is 3.08. The summed E-state index contributed by atoms with van der Waals surface area (Å²) in [5.41, 5.74) is 1.04. The van der Waals surface area contributed by atoms with E-state index in [-0.39, 0.29) is 24.7 Å². The van der Waals surface area contributed by atoms with Crippen LogP contribution in [0.3, 0.4) is 0 Å². The average molecular weight is 404 g/mol. The van der Waals surface area contributed by atoms with Crippen LogP contribution in [0.1, 0.15) is 59.4 Å². The third-order valence-corrected chi connectivity index (χ3v) is 7.64. The third-order valence-electron chi connectivity index (χ3n) is 7.64. The Labute approximate surface area is 174 Å². The van der Waals surface area contributed by atoms with E-state index < -0.39 is 0 Å². The minimum absolute atomic E-state index is 0. The monoisotopic (exact) mass is 403 g/mol. The number of hydrogen-bond acceptors (Lipinski definition) is 3. The molecule has 5 nitrogen and oxygen atoms in total. The number of benzene rings is 1. The molecule has 1 spiro atoms. The zero-order valence-corrected chi connectivity index (χ0v) is 17.5. The van der Waals surface area contributed by atoms with E-state index in [1.165, 1.54) is 6.07 Å². The van der Waals surface area contributed by atoms with E-state index in [1.807, 2.05) is 13.8 Å². The fourth-order valence-electron chi connectivity index (χ4n) is 6.17. The average Bonchev–Trinajstić information content (AvgIpc) is 3.16. The molecule has 29 heavy (non-hydrogen) atoms. The van der Waals surface area contributed by atoms with Crippen molar-refractivity contribution in [2.24, 2.45) is 0 Å². The Morgan fingerprint density at radius 1 is 1.21 bits per heavy atom. The van der Waals surface area contributed by atoms with Crippen LogP contribution in [0, 0.1) is 5.82 Å². The number of carbonyl (C=O) groups is 1. The minimum atomic E-state index is -0.167. The highest BCUT2D eigenvalue weighted by atomic mass is 19.1. The first kappa shape index (κ1) is 19.2. The molecule has 2 bridgehead atoms. The van der Waals surface area contributed by atoms with Crippen LogP contribution in [0.2, 0.25) is 0 Å². The molecule has 3 fully saturated rings. The molecule has 4 heterocycles. The largest absolute Gasteiger partial charge is 0.492 e. The van der Waals surface area contributed by atoms with Gasteiger partial charge in [-0.25, -0.2) is 9.18 Å². The first-order valence-corrected chi connectivity index (χ1v) is 11.2. The Morgan fingerprint density at radius 3 is 2.55 bits per heavy atom. The maximum absolute atomic E-state index is 13.8. The number of urea groups is 1. The third kappa shape index (κ3) is 3.29. The number of amides is 2. The molecule has 0 saturated carbocycles. The molecule has 4 aliphatic heterocycles. The standard InChI is InChI=1S/C23H32FN3O2.H2/c1-15(2)25-22(28)27-17-4-5-18(27)13-19(12-17)26-9-7-23(8-10-26)14-29-21-6-3-16(24)11-20(21)23;/h3,6,11,15,17-19H,4-5,7-10,12-14H2,1-2H3,(H,25,28);1H. The Balaban J connectivity index is 0.00000218. The molecule has 5 rings (SSSR count). The van der Waals surface area contributed by atoms with Crippen molar-refractivity contribution in [2.45, 2.75) is 82.0 Å². The molecule has 2 amide bonds.